The number of aromatic nitrogens is 1. The van der Waals surface area contributed by atoms with Crippen LogP contribution in [0.5, 0.6) is 0 Å². The molecule has 1 aromatic heterocycles. The Balaban J connectivity index is 2.11. The average Bonchev–Trinajstić information content (AvgIpc) is 2.40. The maximum Gasteiger partial charge on any atom is 0.391 e. The van der Waals surface area contributed by atoms with Gasteiger partial charge in [-0.05, 0) is 36.8 Å². The van der Waals surface area contributed by atoms with Gasteiger partial charge in [-0.25, -0.2) is 0 Å². The van der Waals surface area contributed by atoms with Crippen molar-refractivity contribution in [2.24, 2.45) is 17.7 Å². The minimum Gasteiger partial charge on any atom is -0.271 e. The van der Waals surface area contributed by atoms with Crippen LogP contribution in [0.1, 0.15) is 37.3 Å². The third kappa shape index (κ3) is 3.45. The molecular weight excluding hydrogens is 255 g/mol. The van der Waals surface area contributed by atoms with E-state index in [1.165, 1.54) is 0 Å². The molecule has 1 fully saturated rings. The first-order chi connectivity index (χ1) is 9.02. The van der Waals surface area contributed by atoms with Crippen molar-refractivity contribution in [3.63, 3.8) is 0 Å². The van der Waals surface area contributed by atoms with Crippen molar-refractivity contribution in [1.29, 1.82) is 0 Å². The van der Waals surface area contributed by atoms with Gasteiger partial charge in [0.2, 0.25) is 0 Å². The van der Waals surface area contributed by atoms with E-state index in [0.717, 1.165) is 12.0 Å². The Kier molecular flexibility index (Phi) is 4.42. The number of nitrogens with one attached hydrogen (secondary N) is 1. The molecule has 0 bridgehead atoms. The Morgan fingerprint density at radius 2 is 2.16 bits per heavy atom. The predicted octanol–water partition coefficient (Wildman–Crippen LogP) is 2.95. The lowest BCUT2D eigenvalue weighted by Gasteiger charge is -2.35. The van der Waals surface area contributed by atoms with E-state index in [1.807, 2.05) is 6.07 Å². The molecule has 1 saturated carbocycles. The number of hydrazine groups is 1. The second kappa shape index (κ2) is 5.88. The van der Waals surface area contributed by atoms with Crippen molar-refractivity contribution in [1.82, 2.24) is 10.4 Å². The Labute approximate surface area is 110 Å². The zero-order chi connectivity index (χ0) is 13.9. The Hall–Kier alpha value is -1.14. The molecule has 6 heteroatoms. The fraction of sp³-hybridized carbons (Fsp3) is 0.615. The van der Waals surface area contributed by atoms with Gasteiger partial charge >= 0.3 is 6.18 Å². The van der Waals surface area contributed by atoms with Crippen LogP contribution < -0.4 is 11.3 Å². The predicted molar refractivity (Wildman–Crippen MR) is 65.8 cm³/mol. The summed E-state index contributed by atoms with van der Waals surface area (Å²) < 4.78 is 38.5. The molecule has 0 radical (unpaired) electrons. The van der Waals surface area contributed by atoms with Crippen molar-refractivity contribution in [2.75, 3.05) is 0 Å². The van der Waals surface area contributed by atoms with Crippen LogP contribution >= 0.6 is 0 Å². The van der Waals surface area contributed by atoms with Crippen LogP contribution in [0.25, 0.3) is 0 Å². The van der Waals surface area contributed by atoms with E-state index >= 15 is 0 Å². The normalized spacial score (nSPS) is 26.1. The molecule has 0 spiro atoms. The van der Waals surface area contributed by atoms with Gasteiger partial charge < -0.3 is 0 Å². The van der Waals surface area contributed by atoms with Crippen LogP contribution in [0, 0.1) is 11.8 Å². The lowest BCUT2D eigenvalue weighted by atomic mass is 9.76. The summed E-state index contributed by atoms with van der Waals surface area (Å²) in [7, 11) is 0. The molecule has 106 valence electrons. The van der Waals surface area contributed by atoms with E-state index in [9.17, 15) is 13.2 Å². The van der Waals surface area contributed by atoms with E-state index in [2.05, 4.69) is 10.4 Å². The monoisotopic (exact) mass is 273 g/mol. The standard InChI is InChI=1S/C13H18F3N3/c14-13(15,16)11-5-1-3-9(7-11)12(19-17)10-4-2-6-18-8-10/h2,4,6,8-9,11-12,19H,1,3,5,7,17H2. The molecule has 0 amide bonds. The summed E-state index contributed by atoms with van der Waals surface area (Å²) in [6.45, 7) is 0. The van der Waals surface area contributed by atoms with Gasteiger partial charge in [0.25, 0.3) is 0 Å². The molecule has 2 rings (SSSR count). The molecule has 3 atom stereocenters. The quantitative estimate of drug-likeness (QED) is 0.657. The average molecular weight is 273 g/mol. The van der Waals surface area contributed by atoms with Crippen LogP contribution in [-0.4, -0.2) is 11.2 Å². The molecule has 1 heterocycles. The Bertz CT molecular complexity index is 394. The van der Waals surface area contributed by atoms with E-state index in [0.29, 0.717) is 6.42 Å². The van der Waals surface area contributed by atoms with Crippen molar-refractivity contribution < 1.29 is 13.2 Å². The molecule has 0 aromatic carbocycles. The van der Waals surface area contributed by atoms with Gasteiger partial charge in [0.1, 0.15) is 0 Å². The summed E-state index contributed by atoms with van der Waals surface area (Å²) in [5.41, 5.74) is 3.50. The van der Waals surface area contributed by atoms with E-state index in [-0.39, 0.29) is 24.8 Å². The minimum atomic E-state index is -4.10. The number of nitrogens with zero attached hydrogens (tertiary/aromatic N) is 1. The number of hydrogen-bond acceptors (Lipinski definition) is 3. The summed E-state index contributed by atoms with van der Waals surface area (Å²) in [5.74, 6) is 4.22. The highest BCUT2D eigenvalue weighted by atomic mass is 19.4. The first kappa shape index (κ1) is 14.3. The molecule has 3 nitrogen and oxygen atoms in total. The topological polar surface area (TPSA) is 50.9 Å². The smallest absolute Gasteiger partial charge is 0.271 e. The number of alkyl halides is 3. The summed E-state index contributed by atoms with van der Waals surface area (Å²) in [6.07, 6.45) is 0.895. The summed E-state index contributed by atoms with van der Waals surface area (Å²) in [6, 6.07) is 3.34. The number of halogens is 3. The van der Waals surface area contributed by atoms with E-state index < -0.39 is 12.1 Å². The fourth-order valence-electron chi connectivity index (χ4n) is 2.89. The van der Waals surface area contributed by atoms with Crippen LogP contribution in [-0.2, 0) is 0 Å². The van der Waals surface area contributed by atoms with Crippen LogP contribution in [0.2, 0.25) is 0 Å². The van der Waals surface area contributed by atoms with Crippen molar-refractivity contribution >= 4 is 0 Å². The minimum absolute atomic E-state index is 0.102. The highest BCUT2D eigenvalue weighted by Crippen LogP contribution is 2.43. The van der Waals surface area contributed by atoms with Gasteiger partial charge in [-0.15, -0.1) is 0 Å². The summed E-state index contributed by atoms with van der Waals surface area (Å²) >= 11 is 0. The van der Waals surface area contributed by atoms with Gasteiger partial charge in [-0.1, -0.05) is 12.5 Å². The molecule has 3 unspecified atom stereocenters. The van der Waals surface area contributed by atoms with Crippen molar-refractivity contribution in [3.05, 3.63) is 30.1 Å². The molecular formula is C13H18F3N3. The number of hydrogen-bond donors (Lipinski definition) is 2. The van der Waals surface area contributed by atoms with Crippen LogP contribution in [0.15, 0.2) is 24.5 Å². The fourth-order valence-corrected chi connectivity index (χ4v) is 2.89. The second-order valence-electron chi connectivity index (χ2n) is 5.10. The molecule has 19 heavy (non-hydrogen) atoms. The second-order valence-corrected chi connectivity index (χ2v) is 5.10. The molecule has 0 saturated heterocycles. The third-order valence-electron chi connectivity index (χ3n) is 3.87. The van der Waals surface area contributed by atoms with Gasteiger partial charge in [-0.2, -0.15) is 13.2 Å². The highest BCUT2D eigenvalue weighted by molar-refractivity contribution is 5.15. The van der Waals surface area contributed by atoms with Gasteiger partial charge in [0.05, 0.1) is 12.0 Å². The van der Waals surface area contributed by atoms with Gasteiger partial charge in [0, 0.05) is 12.4 Å². The zero-order valence-corrected chi connectivity index (χ0v) is 10.5. The summed E-state index contributed by atoms with van der Waals surface area (Å²) in [4.78, 5) is 4.00. The largest absolute Gasteiger partial charge is 0.391 e. The maximum absolute atomic E-state index is 12.8. The lowest BCUT2D eigenvalue weighted by molar-refractivity contribution is -0.186. The molecule has 1 aromatic rings. The van der Waals surface area contributed by atoms with Crippen LogP contribution in [0.3, 0.4) is 0 Å². The first-order valence-corrected chi connectivity index (χ1v) is 6.45. The van der Waals surface area contributed by atoms with Crippen LogP contribution in [0.4, 0.5) is 13.2 Å². The molecule has 1 aliphatic carbocycles. The maximum atomic E-state index is 12.8. The SMILES string of the molecule is NNC(c1cccnc1)C1CCCC(C(F)(F)F)C1. The highest BCUT2D eigenvalue weighted by Gasteiger charge is 2.43. The molecule has 3 N–H and O–H groups in total. The number of nitrogens with two attached hydrogens (primary N) is 1. The van der Waals surface area contributed by atoms with Crippen molar-refractivity contribution in [2.45, 2.75) is 37.9 Å². The summed E-state index contributed by atoms with van der Waals surface area (Å²) in [5, 5.41) is 0. The van der Waals surface area contributed by atoms with E-state index in [1.54, 1.807) is 18.5 Å². The molecule has 1 aliphatic rings. The van der Waals surface area contributed by atoms with Crippen molar-refractivity contribution in [3.8, 4) is 0 Å². The lowest BCUT2D eigenvalue weighted by Crippen LogP contribution is -2.38. The molecule has 0 aliphatic heterocycles. The van der Waals surface area contributed by atoms with E-state index in [4.69, 9.17) is 5.84 Å². The third-order valence-corrected chi connectivity index (χ3v) is 3.87. The Morgan fingerprint density at radius 3 is 2.74 bits per heavy atom. The number of pyridine rings is 1. The van der Waals surface area contributed by atoms with Gasteiger partial charge in [0.15, 0.2) is 0 Å². The zero-order valence-electron chi connectivity index (χ0n) is 10.5. The van der Waals surface area contributed by atoms with Gasteiger partial charge in [-0.3, -0.25) is 16.3 Å². The number of rotatable bonds is 3. The Morgan fingerprint density at radius 1 is 1.37 bits per heavy atom. The first-order valence-electron chi connectivity index (χ1n) is 6.45.